The number of nitrogens with zero attached hydrogens (tertiary/aromatic N) is 1. The standard InChI is InChI=1S/C20H19ClN2O8/c1-28-16-9-13(10-17(29-2)20(16)30-3)22-18(24)11-31-19(25)7-5-12-4-6-14(21)15(8-12)23(26)27/h4-10H,11H2,1-3H3,(H,22,24)/b7-5+. The van der Waals surface area contributed by atoms with Gasteiger partial charge < -0.3 is 24.3 Å². The maximum absolute atomic E-state index is 12.1. The van der Waals surface area contributed by atoms with Crippen molar-refractivity contribution in [1.29, 1.82) is 0 Å². The molecular weight excluding hydrogens is 432 g/mol. The molecule has 0 unspecified atom stereocenters. The molecule has 0 spiro atoms. The van der Waals surface area contributed by atoms with Gasteiger partial charge in [0.2, 0.25) is 5.75 Å². The molecule has 164 valence electrons. The number of ether oxygens (including phenoxy) is 4. The predicted octanol–water partition coefficient (Wildman–Crippen LogP) is 3.47. The number of nitro groups is 1. The van der Waals surface area contributed by atoms with E-state index in [1.807, 2.05) is 0 Å². The summed E-state index contributed by atoms with van der Waals surface area (Å²) < 4.78 is 20.5. The van der Waals surface area contributed by atoms with Gasteiger partial charge in [-0.25, -0.2) is 4.79 Å². The number of hydrogen-bond donors (Lipinski definition) is 1. The molecule has 1 amide bonds. The number of anilines is 1. The number of rotatable bonds is 9. The van der Waals surface area contributed by atoms with Crippen molar-refractivity contribution >= 4 is 40.9 Å². The van der Waals surface area contributed by atoms with Crippen molar-refractivity contribution in [1.82, 2.24) is 0 Å². The lowest BCUT2D eigenvalue weighted by Crippen LogP contribution is -2.20. The molecule has 0 fully saturated rings. The second-order valence-electron chi connectivity index (χ2n) is 5.87. The number of nitro benzene ring substituents is 1. The van der Waals surface area contributed by atoms with Crippen LogP contribution in [0.5, 0.6) is 17.2 Å². The molecule has 2 aromatic rings. The number of benzene rings is 2. The molecule has 0 aliphatic heterocycles. The summed E-state index contributed by atoms with van der Waals surface area (Å²) in [6.45, 7) is -0.555. The number of carbonyl (C=O) groups excluding carboxylic acids is 2. The summed E-state index contributed by atoms with van der Waals surface area (Å²) in [7, 11) is 4.33. The fourth-order valence-corrected chi connectivity index (χ4v) is 2.66. The summed E-state index contributed by atoms with van der Waals surface area (Å²) in [4.78, 5) is 34.2. The largest absolute Gasteiger partial charge is 0.493 e. The fraction of sp³-hybridized carbons (Fsp3) is 0.200. The van der Waals surface area contributed by atoms with Crippen LogP contribution in [0, 0.1) is 10.1 Å². The normalized spacial score (nSPS) is 10.5. The molecule has 1 N–H and O–H groups in total. The van der Waals surface area contributed by atoms with Crippen LogP contribution < -0.4 is 19.5 Å². The number of hydrogen-bond acceptors (Lipinski definition) is 8. The quantitative estimate of drug-likeness (QED) is 0.266. The number of methoxy groups -OCH3 is 3. The molecule has 0 aliphatic carbocycles. The van der Waals surface area contributed by atoms with Crippen LogP contribution in [0.3, 0.4) is 0 Å². The van der Waals surface area contributed by atoms with Crippen LogP contribution in [0.2, 0.25) is 5.02 Å². The van der Waals surface area contributed by atoms with Crippen molar-refractivity contribution in [2.45, 2.75) is 0 Å². The van der Waals surface area contributed by atoms with Gasteiger partial charge in [0.25, 0.3) is 11.6 Å². The number of carbonyl (C=O) groups is 2. The Kier molecular flexibility index (Phi) is 8.21. The Morgan fingerprint density at radius 3 is 2.29 bits per heavy atom. The van der Waals surface area contributed by atoms with Gasteiger partial charge in [0.1, 0.15) is 5.02 Å². The molecule has 2 aromatic carbocycles. The van der Waals surface area contributed by atoms with Gasteiger partial charge in [-0.15, -0.1) is 0 Å². The van der Waals surface area contributed by atoms with Crippen molar-refractivity contribution in [2.75, 3.05) is 33.3 Å². The van der Waals surface area contributed by atoms with E-state index in [2.05, 4.69) is 5.32 Å². The molecule has 0 heterocycles. The van der Waals surface area contributed by atoms with Crippen LogP contribution in [-0.4, -0.2) is 44.7 Å². The van der Waals surface area contributed by atoms with Gasteiger partial charge in [-0.05, 0) is 17.7 Å². The molecular formula is C20H19ClN2O8. The van der Waals surface area contributed by atoms with E-state index in [4.69, 9.17) is 30.5 Å². The fourth-order valence-electron chi connectivity index (χ4n) is 2.47. The first-order chi connectivity index (χ1) is 14.8. The Hall–Kier alpha value is -3.79. The van der Waals surface area contributed by atoms with E-state index in [-0.39, 0.29) is 10.7 Å². The molecule has 0 aliphatic rings. The Morgan fingerprint density at radius 2 is 1.74 bits per heavy atom. The zero-order chi connectivity index (χ0) is 23.0. The van der Waals surface area contributed by atoms with Crippen LogP contribution in [0.4, 0.5) is 11.4 Å². The average molecular weight is 451 g/mol. The summed E-state index contributed by atoms with van der Waals surface area (Å²) in [5.74, 6) is -0.360. The lowest BCUT2D eigenvalue weighted by atomic mass is 10.2. The van der Waals surface area contributed by atoms with Gasteiger partial charge >= 0.3 is 5.97 Å². The SMILES string of the molecule is COc1cc(NC(=O)COC(=O)/C=C/c2ccc(Cl)c([N+](=O)[O-])c2)cc(OC)c1OC. The van der Waals surface area contributed by atoms with E-state index in [0.29, 0.717) is 28.5 Å². The molecule has 31 heavy (non-hydrogen) atoms. The minimum atomic E-state index is -0.808. The number of halogens is 1. The summed E-state index contributed by atoms with van der Waals surface area (Å²) in [5.41, 5.74) is 0.427. The van der Waals surface area contributed by atoms with Gasteiger partial charge in [-0.1, -0.05) is 17.7 Å². The number of esters is 1. The zero-order valence-electron chi connectivity index (χ0n) is 16.8. The van der Waals surface area contributed by atoms with E-state index in [1.54, 1.807) is 0 Å². The second kappa shape index (κ2) is 10.8. The van der Waals surface area contributed by atoms with Gasteiger partial charge in [0.15, 0.2) is 18.1 Å². The molecule has 0 atom stereocenters. The third-order valence-electron chi connectivity index (χ3n) is 3.87. The summed E-state index contributed by atoms with van der Waals surface area (Å²) >= 11 is 5.74. The van der Waals surface area contributed by atoms with E-state index in [0.717, 1.165) is 6.08 Å². The molecule has 0 aromatic heterocycles. The van der Waals surface area contributed by atoms with Crippen molar-refractivity contribution in [3.05, 3.63) is 57.1 Å². The Labute approximate surface area is 182 Å². The van der Waals surface area contributed by atoms with Gasteiger partial charge in [0, 0.05) is 30.0 Å². The highest BCUT2D eigenvalue weighted by Gasteiger charge is 2.15. The zero-order valence-corrected chi connectivity index (χ0v) is 17.6. The monoisotopic (exact) mass is 450 g/mol. The van der Waals surface area contributed by atoms with Crippen LogP contribution in [0.25, 0.3) is 6.08 Å². The van der Waals surface area contributed by atoms with E-state index in [1.165, 1.54) is 57.7 Å². The van der Waals surface area contributed by atoms with Crippen LogP contribution >= 0.6 is 11.6 Å². The predicted molar refractivity (Wildman–Crippen MR) is 113 cm³/mol. The third-order valence-corrected chi connectivity index (χ3v) is 4.19. The number of amides is 1. The Morgan fingerprint density at radius 1 is 1.10 bits per heavy atom. The summed E-state index contributed by atoms with van der Waals surface area (Å²) in [6.07, 6.45) is 2.35. The molecule has 11 heteroatoms. The third kappa shape index (κ3) is 6.34. The van der Waals surface area contributed by atoms with Crippen LogP contribution in [0.1, 0.15) is 5.56 Å². The van der Waals surface area contributed by atoms with Crippen LogP contribution in [-0.2, 0) is 14.3 Å². The Balaban J connectivity index is 1.97. The second-order valence-corrected chi connectivity index (χ2v) is 6.28. The van der Waals surface area contributed by atoms with Gasteiger partial charge in [-0.2, -0.15) is 0 Å². The Bertz CT molecular complexity index is 997. The minimum absolute atomic E-state index is 0.0202. The van der Waals surface area contributed by atoms with E-state index in [9.17, 15) is 19.7 Å². The average Bonchev–Trinajstić information content (AvgIpc) is 2.76. The van der Waals surface area contributed by atoms with E-state index >= 15 is 0 Å². The molecule has 0 radical (unpaired) electrons. The maximum atomic E-state index is 12.1. The molecule has 10 nitrogen and oxygen atoms in total. The highest BCUT2D eigenvalue weighted by molar-refractivity contribution is 6.32. The lowest BCUT2D eigenvalue weighted by Gasteiger charge is -2.14. The minimum Gasteiger partial charge on any atom is -0.493 e. The van der Waals surface area contributed by atoms with Crippen LogP contribution in [0.15, 0.2) is 36.4 Å². The molecule has 2 rings (SSSR count). The van der Waals surface area contributed by atoms with Crippen molar-refractivity contribution in [2.24, 2.45) is 0 Å². The topological polar surface area (TPSA) is 126 Å². The van der Waals surface area contributed by atoms with Crippen molar-refractivity contribution in [3.63, 3.8) is 0 Å². The molecule has 0 saturated heterocycles. The molecule has 0 bridgehead atoms. The number of nitrogens with one attached hydrogen (secondary N) is 1. The maximum Gasteiger partial charge on any atom is 0.331 e. The van der Waals surface area contributed by atoms with Crippen molar-refractivity contribution in [3.8, 4) is 17.2 Å². The van der Waals surface area contributed by atoms with Gasteiger partial charge in [-0.3, -0.25) is 14.9 Å². The highest BCUT2D eigenvalue weighted by Crippen LogP contribution is 2.39. The van der Waals surface area contributed by atoms with Gasteiger partial charge in [0.05, 0.1) is 26.3 Å². The lowest BCUT2D eigenvalue weighted by molar-refractivity contribution is -0.384. The first-order valence-corrected chi connectivity index (χ1v) is 9.05. The highest BCUT2D eigenvalue weighted by atomic mass is 35.5. The summed E-state index contributed by atoms with van der Waals surface area (Å²) in [6, 6.07) is 7.10. The molecule has 0 saturated carbocycles. The first-order valence-electron chi connectivity index (χ1n) is 8.67. The van der Waals surface area contributed by atoms with E-state index < -0.39 is 23.4 Å². The summed E-state index contributed by atoms with van der Waals surface area (Å²) in [5, 5.41) is 13.4. The smallest absolute Gasteiger partial charge is 0.331 e. The van der Waals surface area contributed by atoms with Crippen molar-refractivity contribution < 1.29 is 33.5 Å². The first kappa shape index (κ1) is 23.5.